The number of aliphatic hydroxyl groups excluding tert-OH is 1. The van der Waals surface area contributed by atoms with Crippen molar-refractivity contribution in [2.24, 2.45) is 0 Å². The molecule has 0 aromatic carbocycles. The third-order valence-electron chi connectivity index (χ3n) is 4.65. The number of carbonyl (C=O) groups is 3. The van der Waals surface area contributed by atoms with Crippen molar-refractivity contribution in [3.05, 3.63) is 12.3 Å². The molecule has 1 saturated heterocycles. The van der Waals surface area contributed by atoms with E-state index in [9.17, 15) is 19.5 Å². The normalized spacial score (nSPS) is 22.0. The second-order valence-corrected chi connectivity index (χ2v) is 6.77. The number of nitrogens with zero attached hydrogens (tertiary/aromatic N) is 4. The van der Waals surface area contributed by atoms with Gasteiger partial charge < -0.3 is 24.6 Å². The molecule has 1 unspecified atom stereocenters. The third kappa shape index (κ3) is 4.01. The molecule has 2 heterocycles. The lowest BCUT2D eigenvalue weighted by Crippen LogP contribution is -2.56. The molecule has 0 bridgehead atoms. The molecular formula is C16H25N5O5. The molecule has 1 aromatic heterocycles. The molecule has 0 saturated carbocycles. The van der Waals surface area contributed by atoms with Crippen LogP contribution in [0.2, 0.25) is 0 Å². The molecule has 10 nitrogen and oxygen atoms in total. The molecule has 10 heteroatoms. The van der Waals surface area contributed by atoms with Gasteiger partial charge in [0.05, 0.1) is 12.6 Å². The topological polar surface area (TPSA) is 129 Å². The Bertz CT molecular complexity index is 662. The number of hydrogen-bond donors (Lipinski definition) is 2. The molecule has 144 valence electrons. The standard InChI is InChI=1S/C16H25N5O5/c1-10(22)13(14-19-17-9-26-14)18-12(24)8-20(4)15(25)16(3)6-5-7-21(16)11(2)23/h9-10,13,22H,5-8H2,1-4H3,(H,18,24)/t10-,13+,16?/m1/s1. The number of amides is 3. The summed E-state index contributed by atoms with van der Waals surface area (Å²) in [4.78, 5) is 39.8. The molecule has 1 aliphatic heterocycles. The summed E-state index contributed by atoms with van der Waals surface area (Å²) in [5.74, 6) is -0.873. The number of rotatable bonds is 6. The zero-order valence-corrected chi connectivity index (χ0v) is 15.4. The summed E-state index contributed by atoms with van der Waals surface area (Å²) in [5, 5.41) is 19.6. The van der Waals surface area contributed by atoms with Crippen LogP contribution in [0.5, 0.6) is 0 Å². The van der Waals surface area contributed by atoms with E-state index in [1.165, 1.54) is 25.8 Å². The summed E-state index contributed by atoms with van der Waals surface area (Å²) < 4.78 is 5.03. The van der Waals surface area contributed by atoms with E-state index in [1.807, 2.05) is 0 Å². The highest BCUT2D eigenvalue weighted by atomic mass is 16.4. The van der Waals surface area contributed by atoms with Crippen molar-refractivity contribution < 1.29 is 23.9 Å². The second kappa shape index (κ2) is 7.81. The van der Waals surface area contributed by atoms with Crippen molar-refractivity contribution in [2.75, 3.05) is 20.1 Å². The zero-order valence-electron chi connectivity index (χ0n) is 15.4. The predicted molar refractivity (Wildman–Crippen MR) is 89.5 cm³/mol. The molecule has 1 fully saturated rings. The first-order valence-corrected chi connectivity index (χ1v) is 8.44. The number of nitrogens with one attached hydrogen (secondary N) is 1. The average molecular weight is 367 g/mol. The quantitative estimate of drug-likeness (QED) is 0.691. The van der Waals surface area contributed by atoms with E-state index in [2.05, 4.69) is 15.5 Å². The van der Waals surface area contributed by atoms with Gasteiger partial charge in [-0.05, 0) is 26.7 Å². The Balaban J connectivity index is 2.02. The van der Waals surface area contributed by atoms with E-state index in [-0.39, 0.29) is 24.2 Å². The fourth-order valence-corrected chi connectivity index (χ4v) is 3.31. The van der Waals surface area contributed by atoms with Crippen LogP contribution in [-0.4, -0.2) is 74.6 Å². The van der Waals surface area contributed by atoms with Gasteiger partial charge in [0.15, 0.2) is 0 Å². The van der Waals surface area contributed by atoms with Crippen molar-refractivity contribution in [1.29, 1.82) is 0 Å². The Morgan fingerprint density at radius 2 is 2.19 bits per heavy atom. The fourth-order valence-electron chi connectivity index (χ4n) is 3.31. The first-order valence-electron chi connectivity index (χ1n) is 8.44. The summed E-state index contributed by atoms with van der Waals surface area (Å²) in [6, 6.07) is -0.871. The maximum Gasteiger partial charge on any atom is 0.248 e. The molecule has 1 aromatic rings. The van der Waals surface area contributed by atoms with E-state index in [1.54, 1.807) is 11.8 Å². The summed E-state index contributed by atoms with van der Waals surface area (Å²) in [7, 11) is 1.51. The molecule has 0 spiro atoms. The minimum atomic E-state index is -0.957. The Morgan fingerprint density at radius 3 is 2.73 bits per heavy atom. The number of carbonyl (C=O) groups excluding carboxylic acids is 3. The minimum Gasteiger partial charge on any atom is -0.426 e. The number of aliphatic hydroxyl groups is 1. The molecule has 0 aliphatic carbocycles. The summed E-state index contributed by atoms with van der Waals surface area (Å²) in [6.07, 6.45) is 1.43. The van der Waals surface area contributed by atoms with Crippen LogP contribution in [0.3, 0.4) is 0 Å². The largest absolute Gasteiger partial charge is 0.426 e. The van der Waals surface area contributed by atoms with Gasteiger partial charge in [0.25, 0.3) is 0 Å². The minimum absolute atomic E-state index is 0.0767. The Labute approximate surface area is 151 Å². The van der Waals surface area contributed by atoms with E-state index >= 15 is 0 Å². The lowest BCUT2D eigenvalue weighted by Gasteiger charge is -2.36. The van der Waals surface area contributed by atoms with Crippen molar-refractivity contribution in [2.45, 2.75) is 51.3 Å². The highest BCUT2D eigenvalue weighted by molar-refractivity contribution is 5.93. The van der Waals surface area contributed by atoms with Gasteiger partial charge in [-0.25, -0.2) is 0 Å². The molecule has 0 radical (unpaired) electrons. The Morgan fingerprint density at radius 1 is 1.50 bits per heavy atom. The van der Waals surface area contributed by atoms with E-state index in [0.717, 1.165) is 12.8 Å². The third-order valence-corrected chi connectivity index (χ3v) is 4.65. The number of likely N-dealkylation sites (tertiary alicyclic amines) is 1. The van der Waals surface area contributed by atoms with E-state index in [4.69, 9.17) is 4.42 Å². The van der Waals surface area contributed by atoms with Gasteiger partial charge in [0, 0.05) is 20.5 Å². The molecule has 3 atom stereocenters. The van der Waals surface area contributed by atoms with E-state index in [0.29, 0.717) is 13.0 Å². The van der Waals surface area contributed by atoms with Gasteiger partial charge in [0.1, 0.15) is 11.6 Å². The van der Waals surface area contributed by atoms with Gasteiger partial charge in [-0.3, -0.25) is 14.4 Å². The summed E-state index contributed by atoms with van der Waals surface area (Å²) >= 11 is 0. The van der Waals surface area contributed by atoms with Gasteiger partial charge in [-0.2, -0.15) is 0 Å². The van der Waals surface area contributed by atoms with Crippen LogP contribution in [0.4, 0.5) is 0 Å². The second-order valence-electron chi connectivity index (χ2n) is 6.77. The van der Waals surface area contributed by atoms with Crippen molar-refractivity contribution in [3.8, 4) is 0 Å². The Hall–Kier alpha value is -2.49. The van der Waals surface area contributed by atoms with Crippen LogP contribution < -0.4 is 5.32 Å². The van der Waals surface area contributed by atoms with Crippen molar-refractivity contribution >= 4 is 17.7 Å². The van der Waals surface area contributed by atoms with Crippen LogP contribution in [0.15, 0.2) is 10.8 Å². The fraction of sp³-hybridized carbons (Fsp3) is 0.688. The monoisotopic (exact) mass is 367 g/mol. The van der Waals surface area contributed by atoms with Crippen LogP contribution in [0, 0.1) is 0 Å². The molecule has 2 rings (SSSR count). The van der Waals surface area contributed by atoms with Gasteiger partial charge in [-0.15, -0.1) is 10.2 Å². The van der Waals surface area contributed by atoms with E-state index < -0.39 is 23.6 Å². The molecular weight excluding hydrogens is 342 g/mol. The first-order chi connectivity index (χ1) is 12.2. The summed E-state index contributed by atoms with van der Waals surface area (Å²) in [6.45, 7) is 4.93. The van der Waals surface area contributed by atoms with Crippen LogP contribution in [-0.2, 0) is 14.4 Å². The zero-order chi connectivity index (χ0) is 19.5. The maximum atomic E-state index is 12.8. The SMILES string of the molecule is CC(=O)N1CCCC1(C)C(=O)N(C)CC(=O)N[C@H](c1nnco1)[C@@H](C)O. The lowest BCUT2D eigenvalue weighted by molar-refractivity contribution is -0.149. The van der Waals surface area contributed by atoms with Crippen molar-refractivity contribution in [3.63, 3.8) is 0 Å². The maximum absolute atomic E-state index is 12.8. The first kappa shape index (κ1) is 19.8. The van der Waals surface area contributed by atoms with Gasteiger partial charge >= 0.3 is 0 Å². The van der Waals surface area contributed by atoms with Crippen LogP contribution >= 0.6 is 0 Å². The van der Waals surface area contributed by atoms with Crippen molar-refractivity contribution in [1.82, 2.24) is 25.3 Å². The highest BCUT2D eigenvalue weighted by Crippen LogP contribution is 2.30. The smallest absolute Gasteiger partial charge is 0.248 e. The number of hydrogen-bond acceptors (Lipinski definition) is 7. The van der Waals surface area contributed by atoms with Gasteiger partial charge in [-0.1, -0.05) is 0 Å². The lowest BCUT2D eigenvalue weighted by atomic mass is 9.97. The van der Waals surface area contributed by atoms with Gasteiger partial charge in [0.2, 0.25) is 30.0 Å². The summed E-state index contributed by atoms with van der Waals surface area (Å²) in [5.41, 5.74) is -0.947. The number of aromatic nitrogens is 2. The molecule has 26 heavy (non-hydrogen) atoms. The molecule has 3 amide bonds. The Kier molecular flexibility index (Phi) is 5.96. The predicted octanol–water partition coefficient (Wildman–Crippen LogP) is -0.533. The highest BCUT2D eigenvalue weighted by Gasteiger charge is 2.46. The van der Waals surface area contributed by atoms with Crippen LogP contribution in [0.1, 0.15) is 45.5 Å². The molecule has 2 N–H and O–H groups in total. The number of likely N-dealkylation sites (N-methyl/N-ethyl adjacent to an activating group) is 1. The average Bonchev–Trinajstić information content (AvgIpc) is 3.21. The van der Waals surface area contributed by atoms with Crippen LogP contribution in [0.25, 0.3) is 0 Å². The molecule has 1 aliphatic rings.